The van der Waals surface area contributed by atoms with E-state index in [4.69, 9.17) is 4.74 Å². The van der Waals surface area contributed by atoms with Gasteiger partial charge in [-0.1, -0.05) is 0 Å². The molecule has 4 rings (SSSR count). The van der Waals surface area contributed by atoms with Crippen LogP contribution in [0.25, 0.3) is 10.9 Å². The molecule has 37 heavy (non-hydrogen) atoms. The summed E-state index contributed by atoms with van der Waals surface area (Å²) in [4.78, 5) is 4.25. The standard InChI is InChI=1S/C26H29F6N3O2/c1-15-11-18-17-4-3-16(28)12-20(17)34-24(18)25(35(15)13-26(31,32)14-36)22-19(29)5-6-21(23(22)30)37-10-9-33-8-2-7-27/h3-6,12,15,25,33-34,36H,2,7-11,13-14H2,1H3/t15-,25-/m1/s1. The molecule has 1 aromatic heterocycles. The second-order valence-corrected chi connectivity index (χ2v) is 9.26. The average Bonchev–Trinajstić information content (AvgIpc) is 3.21. The van der Waals surface area contributed by atoms with Gasteiger partial charge in [0.1, 0.15) is 24.8 Å². The maximum absolute atomic E-state index is 15.8. The number of nitrogens with one attached hydrogen (secondary N) is 2. The van der Waals surface area contributed by atoms with Crippen LogP contribution in [0.1, 0.15) is 36.2 Å². The summed E-state index contributed by atoms with van der Waals surface area (Å²) in [6, 6.07) is 4.26. The number of aromatic amines is 1. The van der Waals surface area contributed by atoms with Gasteiger partial charge < -0.3 is 20.1 Å². The third-order valence-corrected chi connectivity index (χ3v) is 6.61. The molecule has 0 spiro atoms. The zero-order valence-electron chi connectivity index (χ0n) is 20.3. The SMILES string of the molecule is C[C@@H]1Cc2c([nH]c3cc(F)ccc23)[C@@H](c2c(F)ccc(OCCNCCCF)c2F)N1CC(F)(F)CO. The number of aliphatic hydroxyl groups is 1. The molecule has 0 aliphatic carbocycles. The Kier molecular flexibility index (Phi) is 8.35. The predicted octanol–water partition coefficient (Wildman–Crippen LogP) is 4.88. The van der Waals surface area contributed by atoms with Gasteiger partial charge in [0.25, 0.3) is 5.92 Å². The average molecular weight is 530 g/mol. The van der Waals surface area contributed by atoms with Crippen LogP contribution in [0.2, 0.25) is 0 Å². The van der Waals surface area contributed by atoms with Crippen LogP contribution in [0.3, 0.4) is 0 Å². The molecule has 0 saturated carbocycles. The van der Waals surface area contributed by atoms with E-state index in [9.17, 15) is 22.7 Å². The number of aliphatic hydroxyl groups excluding tert-OH is 1. The third-order valence-electron chi connectivity index (χ3n) is 6.61. The molecule has 0 bridgehead atoms. The fourth-order valence-corrected chi connectivity index (χ4v) is 4.87. The van der Waals surface area contributed by atoms with Crippen molar-refractivity contribution in [3.63, 3.8) is 0 Å². The Bertz CT molecular complexity index is 1230. The maximum Gasteiger partial charge on any atom is 0.283 e. The monoisotopic (exact) mass is 529 g/mol. The first kappa shape index (κ1) is 27.3. The first-order valence-corrected chi connectivity index (χ1v) is 12.1. The minimum Gasteiger partial charge on any atom is -0.489 e. The van der Waals surface area contributed by atoms with Crippen molar-refractivity contribution in [1.82, 2.24) is 15.2 Å². The van der Waals surface area contributed by atoms with Crippen molar-refractivity contribution < 1.29 is 36.2 Å². The molecule has 0 unspecified atom stereocenters. The van der Waals surface area contributed by atoms with E-state index in [1.165, 1.54) is 17.0 Å². The molecule has 0 saturated heterocycles. The lowest BCUT2D eigenvalue weighted by atomic mass is 9.87. The number of halogens is 6. The summed E-state index contributed by atoms with van der Waals surface area (Å²) in [5.74, 6) is -6.32. The Balaban J connectivity index is 1.77. The van der Waals surface area contributed by atoms with Gasteiger partial charge in [0.2, 0.25) is 0 Å². The highest BCUT2D eigenvalue weighted by atomic mass is 19.3. The lowest BCUT2D eigenvalue weighted by molar-refractivity contribution is -0.0869. The van der Waals surface area contributed by atoms with Crippen molar-refractivity contribution >= 4 is 10.9 Å². The van der Waals surface area contributed by atoms with Gasteiger partial charge in [-0.3, -0.25) is 9.29 Å². The summed E-state index contributed by atoms with van der Waals surface area (Å²) >= 11 is 0. The molecule has 2 atom stereocenters. The summed E-state index contributed by atoms with van der Waals surface area (Å²) in [6.07, 6.45) is 0.586. The predicted molar refractivity (Wildman–Crippen MR) is 127 cm³/mol. The van der Waals surface area contributed by atoms with Crippen molar-refractivity contribution in [2.45, 2.75) is 37.8 Å². The van der Waals surface area contributed by atoms with Gasteiger partial charge in [0.15, 0.2) is 11.6 Å². The molecule has 3 N–H and O–H groups in total. The number of rotatable bonds is 11. The first-order chi connectivity index (χ1) is 17.7. The summed E-state index contributed by atoms with van der Waals surface area (Å²) < 4.78 is 91.5. The van der Waals surface area contributed by atoms with Crippen LogP contribution in [0.4, 0.5) is 26.3 Å². The smallest absolute Gasteiger partial charge is 0.283 e. The van der Waals surface area contributed by atoms with E-state index >= 15 is 8.78 Å². The Morgan fingerprint density at radius 3 is 2.68 bits per heavy atom. The van der Waals surface area contributed by atoms with Crippen LogP contribution in [-0.2, 0) is 6.42 Å². The molecule has 1 aliphatic heterocycles. The number of aromatic nitrogens is 1. The zero-order chi connectivity index (χ0) is 26.7. The summed E-state index contributed by atoms with van der Waals surface area (Å²) in [5.41, 5.74) is 0.815. The summed E-state index contributed by atoms with van der Waals surface area (Å²) in [5, 5.41) is 12.8. The molecule has 5 nitrogen and oxygen atoms in total. The fraction of sp³-hybridized carbons (Fsp3) is 0.462. The van der Waals surface area contributed by atoms with E-state index in [0.717, 1.165) is 12.1 Å². The zero-order valence-corrected chi connectivity index (χ0v) is 20.3. The number of nitrogens with zero attached hydrogens (tertiary/aromatic N) is 1. The Hall–Kier alpha value is -2.76. The molecule has 0 amide bonds. The van der Waals surface area contributed by atoms with E-state index in [-0.39, 0.29) is 24.5 Å². The van der Waals surface area contributed by atoms with Gasteiger partial charge in [-0.25, -0.2) is 22.0 Å². The van der Waals surface area contributed by atoms with Crippen molar-refractivity contribution in [2.24, 2.45) is 0 Å². The Labute approximate surface area is 210 Å². The second kappa shape index (κ2) is 11.3. The lowest BCUT2D eigenvalue weighted by Gasteiger charge is -2.42. The van der Waals surface area contributed by atoms with Gasteiger partial charge >= 0.3 is 0 Å². The van der Waals surface area contributed by atoms with Crippen LogP contribution in [-0.4, -0.2) is 66.5 Å². The van der Waals surface area contributed by atoms with Crippen LogP contribution < -0.4 is 10.1 Å². The van der Waals surface area contributed by atoms with Gasteiger partial charge in [-0.2, -0.15) is 0 Å². The first-order valence-electron chi connectivity index (χ1n) is 12.1. The number of hydrogen-bond donors (Lipinski definition) is 3. The normalized spacial score (nSPS) is 18.4. The topological polar surface area (TPSA) is 60.5 Å². The molecule has 3 aromatic rings. The maximum atomic E-state index is 15.8. The van der Waals surface area contributed by atoms with Crippen LogP contribution in [0.15, 0.2) is 30.3 Å². The number of benzene rings is 2. The number of alkyl halides is 3. The van der Waals surface area contributed by atoms with E-state index < -0.39 is 60.8 Å². The largest absolute Gasteiger partial charge is 0.489 e. The highest BCUT2D eigenvalue weighted by molar-refractivity contribution is 5.85. The molecular formula is C26H29F6N3O2. The Morgan fingerprint density at radius 2 is 1.95 bits per heavy atom. The van der Waals surface area contributed by atoms with Crippen molar-refractivity contribution in [3.8, 4) is 5.75 Å². The summed E-state index contributed by atoms with van der Waals surface area (Å²) in [7, 11) is 0. The number of fused-ring (bicyclic) bond motifs is 3. The van der Waals surface area contributed by atoms with E-state index in [0.29, 0.717) is 36.0 Å². The molecule has 1 aliphatic rings. The van der Waals surface area contributed by atoms with Crippen LogP contribution in [0, 0.1) is 17.5 Å². The van der Waals surface area contributed by atoms with Crippen molar-refractivity contribution in [3.05, 3.63) is 64.6 Å². The Morgan fingerprint density at radius 1 is 1.16 bits per heavy atom. The second-order valence-electron chi connectivity index (χ2n) is 9.26. The summed E-state index contributed by atoms with van der Waals surface area (Å²) in [6.45, 7) is -0.493. The molecule has 202 valence electrons. The highest BCUT2D eigenvalue weighted by Gasteiger charge is 2.43. The van der Waals surface area contributed by atoms with Crippen molar-refractivity contribution in [1.29, 1.82) is 0 Å². The molecule has 2 aromatic carbocycles. The van der Waals surface area contributed by atoms with Gasteiger partial charge in [0.05, 0.1) is 24.8 Å². The fourth-order valence-electron chi connectivity index (χ4n) is 4.87. The molecule has 0 radical (unpaired) electrons. The third kappa shape index (κ3) is 5.73. The number of hydrogen-bond acceptors (Lipinski definition) is 4. The minimum atomic E-state index is -3.53. The van der Waals surface area contributed by atoms with Gasteiger partial charge in [0, 0.05) is 29.2 Å². The molecule has 2 heterocycles. The van der Waals surface area contributed by atoms with E-state index in [1.54, 1.807) is 13.0 Å². The van der Waals surface area contributed by atoms with E-state index in [1.807, 2.05) is 0 Å². The highest BCUT2D eigenvalue weighted by Crippen LogP contribution is 2.44. The van der Waals surface area contributed by atoms with Crippen LogP contribution >= 0.6 is 0 Å². The number of H-pyrrole nitrogens is 1. The van der Waals surface area contributed by atoms with Gasteiger partial charge in [-0.15, -0.1) is 0 Å². The van der Waals surface area contributed by atoms with Crippen LogP contribution in [0.5, 0.6) is 5.75 Å². The molecule has 0 fully saturated rings. The van der Waals surface area contributed by atoms with Crippen molar-refractivity contribution in [2.75, 3.05) is 39.5 Å². The number of ether oxygens (including phenoxy) is 1. The minimum absolute atomic E-state index is 0.0125. The van der Waals surface area contributed by atoms with E-state index in [2.05, 4.69) is 10.3 Å². The van der Waals surface area contributed by atoms with Gasteiger partial charge in [-0.05, 0) is 62.2 Å². The molecular weight excluding hydrogens is 500 g/mol. The molecule has 11 heteroatoms. The quantitative estimate of drug-likeness (QED) is 0.245. The lowest BCUT2D eigenvalue weighted by Crippen LogP contribution is -2.49.